The molecule has 0 aliphatic rings. The molecule has 0 saturated heterocycles. The highest BCUT2D eigenvalue weighted by atomic mass is 16.5. The van der Waals surface area contributed by atoms with Crippen LogP contribution in [0.4, 0.5) is 17.5 Å². The fraction of sp³-hybridized carbons (Fsp3) is 0.333. The van der Waals surface area contributed by atoms with Gasteiger partial charge in [0.1, 0.15) is 18.2 Å². The van der Waals surface area contributed by atoms with Crippen LogP contribution in [0.3, 0.4) is 0 Å². The summed E-state index contributed by atoms with van der Waals surface area (Å²) in [7, 11) is 1.48. The van der Waals surface area contributed by atoms with Gasteiger partial charge in [-0.15, -0.1) is 10.2 Å². The molecule has 8 heteroatoms. The van der Waals surface area contributed by atoms with Crippen molar-refractivity contribution in [2.24, 2.45) is 0 Å². The molecular weight excluding hydrogens is 296 g/mol. The Kier molecular flexibility index (Phi) is 6.25. The van der Waals surface area contributed by atoms with Crippen LogP contribution in [-0.2, 0) is 9.53 Å². The number of rotatable bonds is 8. The SMILES string of the molecule is COCC(=O)NCCNc1ccc(Nc2cc(C)ccn2)nn1. The van der Waals surface area contributed by atoms with Crippen molar-refractivity contribution < 1.29 is 9.53 Å². The van der Waals surface area contributed by atoms with E-state index in [0.717, 1.165) is 11.4 Å². The maximum absolute atomic E-state index is 11.2. The summed E-state index contributed by atoms with van der Waals surface area (Å²) in [5, 5.41) is 17.0. The van der Waals surface area contributed by atoms with E-state index in [9.17, 15) is 4.79 Å². The molecule has 2 aromatic heterocycles. The molecule has 2 rings (SSSR count). The highest BCUT2D eigenvalue weighted by Crippen LogP contribution is 2.13. The molecular formula is C15H20N6O2. The number of aromatic nitrogens is 3. The van der Waals surface area contributed by atoms with Crippen molar-refractivity contribution in [3.8, 4) is 0 Å². The maximum Gasteiger partial charge on any atom is 0.246 e. The fourth-order valence-corrected chi connectivity index (χ4v) is 1.80. The molecule has 0 atom stereocenters. The summed E-state index contributed by atoms with van der Waals surface area (Å²) in [5.74, 6) is 1.82. The first kappa shape index (κ1) is 16.6. The maximum atomic E-state index is 11.2. The van der Waals surface area contributed by atoms with Gasteiger partial charge in [0.2, 0.25) is 5.91 Å². The van der Waals surface area contributed by atoms with Crippen LogP contribution >= 0.6 is 0 Å². The largest absolute Gasteiger partial charge is 0.375 e. The first-order chi connectivity index (χ1) is 11.2. The van der Waals surface area contributed by atoms with Gasteiger partial charge in [-0.3, -0.25) is 4.79 Å². The van der Waals surface area contributed by atoms with Crippen LogP contribution in [0.25, 0.3) is 0 Å². The number of amides is 1. The monoisotopic (exact) mass is 316 g/mol. The van der Waals surface area contributed by atoms with E-state index in [1.54, 1.807) is 6.20 Å². The number of carbonyl (C=O) groups is 1. The van der Waals surface area contributed by atoms with E-state index >= 15 is 0 Å². The lowest BCUT2D eigenvalue weighted by Gasteiger charge is -2.08. The number of aryl methyl sites for hydroxylation is 1. The second-order valence-electron chi connectivity index (χ2n) is 4.86. The molecule has 0 saturated carbocycles. The third-order valence-corrected chi connectivity index (χ3v) is 2.86. The molecule has 0 aliphatic heterocycles. The highest BCUT2D eigenvalue weighted by molar-refractivity contribution is 5.77. The van der Waals surface area contributed by atoms with E-state index < -0.39 is 0 Å². The molecule has 23 heavy (non-hydrogen) atoms. The molecule has 1 amide bonds. The van der Waals surface area contributed by atoms with Crippen molar-refractivity contribution >= 4 is 23.4 Å². The van der Waals surface area contributed by atoms with Gasteiger partial charge in [-0.1, -0.05) is 0 Å². The number of methoxy groups -OCH3 is 1. The Morgan fingerprint density at radius 3 is 2.61 bits per heavy atom. The summed E-state index contributed by atoms with van der Waals surface area (Å²) < 4.78 is 4.72. The molecule has 122 valence electrons. The summed E-state index contributed by atoms with van der Waals surface area (Å²) in [4.78, 5) is 15.4. The molecule has 0 spiro atoms. The average molecular weight is 316 g/mol. The van der Waals surface area contributed by atoms with Crippen LogP contribution in [0.2, 0.25) is 0 Å². The number of hydrogen-bond donors (Lipinski definition) is 3. The number of hydrogen-bond acceptors (Lipinski definition) is 7. The van der Waals surface area contributed by atoms with Crippen LogP contribution < -0.4 is 16.0 Å². The van der Waals surface area contributed by atoms with E-state index in [0.29, 0.717) is 24.7 Å². The van der Waals surface area contributed by atoms with Crippen LogP contribution in [0.15, 0.2) is 30.5 Å². The second kappa shape index (κ2) is 8.64. The Balaban J connectivity index is 1.77. The van der Waals surface area contributed by atoms with E-state index in [1.807, 2.05) is 31.2 Å². The smallest absolute Gasteiger partial charge is 0.246 e. The Morgan fingerprint density at radius 1 is 1.13 bits per heavy atom. The number of pyridine rings is 1. The Morgan fingerprint density at radius 2 is 1.91 bits per heavy atom. The molecule has 0 aromatic carbocycles. The fourth-order valence-electron chi connectivity index (χ4n) is 1.80. The van der Waals surface area contributed by atoms with Crippen molar-refractivity contribution in [3.63, 3.8) is 0 Å². The van der Waals surface area contributed by atoms with E-state index in [4.69, 9.17) is 4.74 Å². The second-order valence-corrected chi connectivity index (χ2v) is 4.86. The summed E-state index contributed by atoms with van der Waals surface area (Å²) >= 11 is 0. The lowest BCUT2D eigenvalue weighted by atomic mass is 10.3. The lowest BCUT2D eigenvalue weighted by Crippen LogP contribution is -2.31. The van der Waals surface area contributed by atoms with Crippen LogP contribution in [-0.4, -0.2) is 47.9 Å². The van der Waals surface area contributed by atoms with Crippen LogP contribution in [0.1, 0.15) is 5.56 Å². The van der Waals surface area contributed by atoms with Gasteiger partial charge in [0.05, 0.1) is 0 Å². The minimum Gasteiger partial charge on any atom is -0.375 e. The molecule has 2 heterocycles. The van der Waals surface area contributed by atoms with Gasteiger partial charge in [0.25, 0.3) is 0 Å². The van der Waals surface area contributed by atoms with Crippen molar-refractivity contribution in [1.82, 2.24) is 20.5 Å². The molecule has 3 N–H and O–H groups in total. The molecule has 2 aromatic rings. The average Bonchev–Trinajstić information content (AvgIpc) is 2.53. The predicted octanol–water partition coefficient (Wildman–Crippen LogP) is 1.10. The van der Waals surface area contributed by atoms with Gasteiger partial charge in [-0.25, -0.2) is 4.98 Å². The van der Waals surface area contributed by atoms with Gasteiger partial charge < -0.3 is 20.7 Å². The Labute approximate surface area is 134 Å². The van der Waals surface area contributed by atoms with E-state index in [-0.39, 0.29) is 12.5 Å². The van der Waals surface area contributed by atoms with Gasteiger partial charge in [0.15, 0.2) is 5.82 Å². The third-order valence-electron chi connectivity index (χ3n) is 2.86. The van der Waals surface area contributed by atoms with Crippen LogP contribution in [0, 0.1) is 6.92 Å². The predicted molar refractivity (Wildman–Crippen MR) is 87.7 cm³/mol. The summed E-state index contributed by atoms with van der Waals surface area (Å²) in [6, 6.07) is 7.47. The highest BCUT2D eigenvalue weighted by Gasteiger charge is 2.01. The molecule has 0 aliphatic carbocycles. The molecule has 0 unspecified atom stereocenters. The number of carbonyl (C=O) groups excluding carboxylic acids is 1. The zero-order valence-electron chi connectivity index (χ0n) is 13.2. The van der Waals surface area contributed by atoms with Crippen molar-refractivity contribution in [1.29, 1.82) is 0 Å². The standard InChI is InChI=1S/C15H20N6O2/c1-11-5-6-16-14(9-11)19-13-4-3-12(20-21-13)17-7-8-18-15(22)10-23-2/h3-6,9H,7-8,10H2,1-2H3,(H,17,20)(H,18,22)(H,16,19,21). The molecule has 8 nitrogen and oxygen atoms in total. The first-order valence-electron chi connectivity index (χ1n) is 7.20. The Hall–Kier alpha value is -2.74. The number of anilines is 3. The number of ether oxygens (including phenoxy) is 1. The van der Waals surface area contributed by atoms with Gasteiger partial charge in [-0.2, -0.15) is 0 Å². The van der Waals surface area contributed by atoms with Crippen LogP contribution in [0.5, 0.6) is 0 Å². The third kappa shape index (κ3) is 5.87. The molecule has 0 bridgehead atoms. The zero-order chi connectivity index (χ0) is 16.5. The molecule has 0 radical (unpaired) electrons. The van der Waals surface area contributed by atoms with Gasteiger partial charge in [0, 0.05) is 26.4 Å². The van der Waals surface area contributed by atoms with Crippen molar-refractivity contribution in [2.75, 3.05) is 37.4 Å². The number of nitrogens with zero attached hydrogens (tertiary/aromatic N) is 3. The normalized spacial score (nSPS) is 10.2. The Bertz CT molecular complexity index is 632. The first-order valence-corrected chi connectivity index (χ1v) is 7.20. The summed E-state index contributed by atoms with van der Waals surface area (Å²) in [5.41, 5.74) is 1.12. The number of nitrogens with one attached hydrogen (secondary N) is 3. The van der Waals surface area contributed by atoms with Gasteiger partial charge >= 0.3 is 0 Å². The summed E-state index contributed by atoms with van der Waals surface area (Å²) in [6.45, 7) is 3.09. The summed E-state index contributed by atoms with van der Waals surface area (Å²) in [6.07, 6.45) is 1.74. The zero-order valence-corrected chi connectivity index (χ0v) is 13.2. The lowest BCUT2D eigenvalue weighted by molar-refractivity contribution is -0.124. The quantitative estimate of drug-likeness (QED) is 0.627. The van der Waals surface area contributed by atoms with E-state index in [2.05, 4.69) is 31.1 Å². The van der Waals surface area contributed by atoms with Crippen molar-refractivity contribution in [2.45, 2.75) is 6.92 Å². The topological polar surface area (TPSA) is 101 Å². The van der Waals surface area contributed by atoms with Gasteiger partial charge in [-0.05, 0) is 36.8 Å². The molecule has 0 fully saturated rings. The van der Waals surface area contributed by atoms with Crippen molar-refractivity contribution in [3.05, 3.63) is 36.0 Å². The minimum absolute atomic E-state index is 0.0627. The minimum atomic E-state index is -0.148. The van der Waals surface area contributed by atoms with E-state index in [1.165, 1.54) is 7.11 Å².